The van der Waals surface area contributed by atoms with Gasteiger partial charge in [-0.2, -0.15) is 0 Å². The Morgan fingerprint density at radius 1 is 1.30 bits per heavy atom. The Morgan fingerprint density at radius 3 is 2.65 bits per heavy atom. The SMILES string of the molecule is COC(=O)[C@@H]1CN(C(=O)CCS(=O)(=O)c2ccccc2)CCS1. The lowest BCUT2D eigenvalue weighted by atomic mass is 10.3. The number of carbonyl (C=O) groups is 2. The maximum atomic E-state index is 12.2. The van der Waals surface area contributed by atoms with E-state index in [1.807, 2.05) is 0 Å². The molecule has 2 rings (SSSR count). The molecular weight excluding hydrogens is 338 g/mol. The smallest absolute Gasteiger partial charge is 0.320 e. The molecule has 0 bridgehead atoms. The van der Waals surface area contributed by atoms with Crippen LogP contribution in [0.2, 0.25) is 0 Å². The Labute approximate surface area is 140 Å². The van der Waals surface area contributed by atoms with E-state index in [1.54, 1.807) is 23.1 Å². The number of ether oxygens (including phenoxy) is 1. The molecule has 1 aliphatic rings. The van der Waals surface area contributed by atoms with Crippen molar-refractivity contribution in [3.05, 3.63) is 30.3 Å². The Kier molecular flexibility index (Phi) is 6.06. The van der Waals surface area contributed by atoms with Gasteiger partial charge in [0.1, 0.15) is 5.25 Å². The van der Waals surface area contributed by atoms with Crippen molar-refractivity contribution in [2.75, 3.05) is 31.7 Å². The van der Waals surface area contributed by atoms with Gasteiger partial charge in [-0.25, -0.2) is 8.42 Å². The Bertz CT molecular complexity index is 660. The Balaban J connectivity index is 1.93. The number of sulfone groups is 1. The highest BCUT2D eigenvalue weighted by Crippen LogP contribution is 2.21. The lowest BCUT2D eigenvalue weighted by Gasteiger charge is -2.31. The van der Waals surface area contributed by atoms with E-state index in [9.17, 15) is 18.0 Å². The molecule has 0 aliphatic carbocycles. The van der Waals surface area contributed by atoms with E-state index in [0.29, 0.717) is 12.3 Å². The van der Waals surface area contributed by atoms with Crippen LogP contribution in [0.25, 0.3) is 0 Å². The third-order valence-corrected chi connectivity index (χ3v) is 6.46. The average molecular weight is 357 g/mol. The number of amides is 1. The lowest BCUT2D eigenvalue weighted by molar-refractivity contribution is -0.141. The minimum atomic E-state index is -3.47. The monoisotopic (exact) mass is 357 g/mol. The highest BCUT2D eigenvalue weighted by atomic mass is 32.2. The van der Waals surface area contributed by atoms with Gasteiger partial charge >= 0.3 is 5.97 Å². The average Bonchev–Trinajstić information content (AvgIpc) is 2.60. The van der Waals surface area contributed by atoms with Crippen molar-refractivity contribution in [1.29, 1.82) is 0 Å². The van der Waals surface area contributed by atoms with Crippen molar-refractivity contribution in [1.82, 2.24) is 4.90 Å². The Hall–Kier alpha value is -1.54. The third-order valence-electron chi connectivity index (χ3n) is 3.57. The minimum absolute atomic E-state index is 0.0875. The lowest BCUT2D eigenvalue weighted by Crippen LogP contribution is -2.45. The van der Waals surface area contributed by atoms with E-state index < -0.39 is 15.1 Å². The quantitative estimate of drug-likeness (QED) is 0.731. The fraction of sp³-hybridized carbons (Fsp3) is 0.467. The second-order valence-corrected chi connectivity index (χ2v) is 8.52. The fourth-order valence-electron chi connectivity index (χ4n) is 2.28. The first-order chi connectivity index (χ1) is 10.9. The summed E-state index contributed by atoms with van der Waals surface area (Å²) in [5, 5.41) is -0.400. The first-order valence-corrected chi connectivity index (χ1v) is 9.89. The molecule has 23 heavy (non-hydrogen) atoms. The zero-order chi connectivity index (χ0) is 16.9. The molecule has 126 valence electrons. The van der Waals surface area contributed by atoms with Crippen molar-refractivity contribution < 1.29 is 22.7 Å². The molecule has 1 amide bonds. The summed E-state index contributed by atoms with van der Waals surface area (Å²) < 4.78 is 29.1. The van der Waals surface area contributed by atoms with E-state index in [4.69, 9.17) is 4.74 Å². The number of rotatable bonds is 5. The molecule has 1 aromatic carbocycles. The van der Waals surface area contributed by atoms with Gasteiger partial charge in [0.15, 0.2) is 9.84 Å². The number of carbonyl (C=O) groups excluding carboxylic acids is 2. The van der Waals surface area contributed by atoms with Crippen molar-refractivity contribution in [2.45, 2.75) is 16.6 Å². The highest BCUT2D eigenvalue weighted by molar-refractivity contribution is 8.00. The van der Waals surface area contributed by atoms with Gasteiger partial charge < -0.3 is 9.64 Å². The largest absolute Gasteiger partial charge is 0.468 e. The van der Waals surface area contributed by atoms with Crippen LogP contribution < -0.4 is 0 Å². The van der Waals surface area contributed by atoms with Crippen molar-refractivity contribution in [3.63, 3.8) is 0 Å². The highest BCUT2D eigenvalue weighted by Gasteiger charge is 2.30. The zero-order valence-corrected chi connectivity index (χ0v) is 14.4. The number of methoxy groups -OCH3 is 1. The molecule has 1 atom stereocenters. The molecule has 0 radical (unpaired) electrons. The van der Waals surface area contributed by atoms with Crippen LogP contribution in [0.4, 0.5) is 0 Å². The molecule has 0 N–H and O–H groups in total. The van der Waals surface area contributed by atoms with Gasteiger partial charge in [0.05, 0.1) is 17.8 Å². The minimum Gasteiger partial charge on any atom is -0.468 e. The first-order valence-electron chi connectivity index (χ1n) is 7.19. The molecule has 8 heteroatoms. The van der Waals surface area contributed by atoms with Crippen LogP contribution in [0.1, 0.15) is 6.42 Å². The van der Waals surface area contributed by atoms with Gasteiger partial charge in [0, 0.05) is 25.3 Å². The van der Waals surface area contributed by atoms with Gasteiger partial charge in [-0.05, 0) is 12.1 Å². The van der Waals surface area contributed by atoms with Crippen LogP contribution >= 0.6 is 11.8 Å². The standard InChI is InChI=1S/C15H19NO5S2/c1-21-15(18)13-11-16(8-9-22-13)14(17)7-10-23(19,20)12-5-3-2-4-6-12/h2-6,13H,7-11H2,1H3/t13-/m0/s1. The van der Waals surface area contributed by atoms with E-state index in [2.05, 4.69) is 0 Å². The summed E-state index contributed by atoms with van der Waals surface area (Å²) in [6.07, 6.45) is -0.0875. The van der Waals surface area contributed by atoms with Crippen LogP contribution in [0, 0.1) is 0 Å². The summed E-state index contributed by atoms with van der Waals surface area (Å²) >= 11 is 1.45. The first kappa shape index (κ1) is 17.8. The van der Waals surface area contributed by atoms with Crippen LogP contribution in [0.3, 0.4) is 0 Å². The predicted molar refractivity (Wildman–Crippen MR) is 88.0 cm³/mol. The molecule has 1 fully saturated rings. The van der Waals surface area contributed by atoms with E-state index in [0.717, 1.165) is 0 Å². The van der Waals surface area contributed by atoms with E-state index >= 15 is 0 Å². The molecule has 0 spiro atoms. The topological polar surface area (TPSA) is 80.8 Å². The number of hydrogen-bond donors (Lipinski definition) is 0. The van der Waals surface area contributed by atoms with Crippen molar-refractivity contribution in [2.24, 2.45) is 0 Å². The maximum absolute atomic E-state index is 12.2. The van der Waals surface area contributed by atoms with Gasteiger partial charge in [-0.3, -0.25) is 9.59 Å². The number of thioether (sulfide) groups is 1. The molecule has 1 heterocycles. The van der Waals surface area contributed by atoms with Crippen LogP contribution in [-0.4, -0.2) is 62.1 Å². The van der Waals surface area contributed by atoms with Crippen molar-refractivity contribution >= 4 is 33.5 Å². The molecule has 0 aromatic heterocycles. The molecule has 1 aromatic rings. The van der Waals surface area contributed by atoms with Crippen LogP contribution in [0.5, 0.6) is 0 Å². The Morgan fingerprint density at radius 2 is 2.00 bits per heavy atom. The normalized spacial score (nSPS) is 18.5. The summed E-state index contributed by atoms with van der Waals surface area (Å²) in [7, 11) is -2.16. The van der Waals surface area contributed by atoms with Gasteiger partial charge in [0.2, 0.25) is 5.91 Å². The van der Waals surface area contributed by atoms with Gasteiger partial charge in [0.25, 0.3) is 0 Å². The number of nitrogens with zero attached hydrogens (tertiary/aromatic N) is 1. The molecular formula is C15H19NO5S2. The van der Waals surface area contributed by atoms with E-state index in [1.165, 1.54) is 31.0 Å². The second-order valence-electron chi connectivity index (χ2n) is 5.10. The van der Waals surface area contributed by atoms with Crippen molar-refractivity contribution in [3.8, 4) is 0 Å². The maximum Gasteiger partial charge on any atom is 0.320 e. The summed E-state index contributed by atoms with van der Waals surface area (Å²) in [6, 6.07) is 8.08. The molecule has 6 nitrogen and oxygen atoms in total. The summed E-state index contributed by atoms with van der Waals surface area (Å²) in [4.78, 5) is 25.6. The number of benzene rings is 1. The summed E-state index contributed by atoms with van der Waals surface area (Å²) in [5.74, 6) is -0.206. The van der Waals surface area contributed by atoms with E-state index in [-0.39, 0.29) is 35.5 Å². The summed E-state index contributed by atoms with van der Waals surface area (Å²) in [6.45, 7) is 0.782. The van der Waals surface area contributed by atoms with Crippen LogP contribution in [-0.2, 0) is 24.2 Å². The predicted octanol–water partition coefficient (Wildman–Crippen LogP) is 0.967. The van der Waals surface area contributed by atoms with Gasteiger partial charge in [-0.15, -0.1) is 11.8 Å². The fourth-order valence-corrected chi connectivity index (χ4v) is 4.65. The zero-order valence-electron chi connectivity index (χ0n) is 12.8. The molecule has 0 saturated carbocycles. The third kappa shape index (κ3) is 4.71. The molecule has 1 aliphatic heterocycles. The van der Waals surface area contributed by atoms with Gasteiger partial charge in [-0.1, -0.05) is 18.2 Å². The summed E-state index contributed by atoms with van der Waals surface area (Å²) in [5.41, 5.74) is 0. The molecule has 0 unspecified atom stereocenters. The number of esters is 1. The molecule has 1 saturated heterocycles. The number of hydrogen-bond acceptors (Lipinski definition) is 6. The van der Waals surface area contributed by atoms with Crippen LogP contribution in [0.15, 0.2) is 35.2 Å². The second kappa shape index (κ2) is 7.83.